The molecule has 0 saturated heterocycles. The van der Waals surface area contributed by atoms with Crippen molar-refractivity contribution in [2.45, 2.75) is 12.8 Å². The van der Waals surface area contributed by atoms with Gasteiger partial charge in [0.05, 0.1) is 0 Å². The maximum absolute atomic E-state index is 9.15. The molecule has 0 amide bonds. The summed E-state index contributed by atoms with van der Waals surface area (Å²) < 4.78 is 0. The fourth-order valence-electron chi connectivity index (χ4n) is 1.75. The fourth-order valence-corrected chi connectivity index (χ4v) is 1.75. The van der Waals surface area contributed by atoms with Crippen molar-refractivity contribution in [2.75, 3.05) is 11.9 Å². The maximum Gasteiger partial charge on any atom is 0.115 e. The predicted molar refractivity (Wildman–Crippen MR) is 71.4 cm³/mol. The lowest BCUT2D eigenvalue weighted by atomic mass is 10.1. The van der Waals surface area contributed by atoms with Crippen LogP contribution in [0.15, 0.2) is 54.6 Å². The summed E-state index contributed by atoms with van der Waals surface area (Å²) in [5.74, 6) is 0.305. The first-order chi connectivity index (χ1) is 8.34. The van der Waals surface area contributed by atoms with Gasteiger partial charge >= 0.3 is 0 Å². The van der Waals surface area contributed by atoms with E-state index in [-0.39, 0.29) is 0 Å². The SMILES string of the molecule is Oc1ccc(NCCCc2ccccc2)cc1. The van der Waals surface area contributed by atoms with Gasteiger partial charge in [-0.3, -0.25) is 0 Å². The van der Waals surface area contributed by atoms with Crippen molar-refractivity contribution in [1.82, 2.24) is 0 Å². The number of phenols is 1. The van der Waals surface area contributed by atoms with E-state index >= 15 is 0 Å². The van der Waals surface area contributed by atoms with Crippen molar-refractivity contribution in [3.8, 4) is 5.75 Å². The standard InChI is InChI=1S/C15H17NO/c17-15-10-8-14(9-11-15)16-12-4-7-13-5-2-1-3-6-13/h1-3,5-6,8-11,16-17H,4,7,12H2. The zero-order valence-corrected chi connectivity index (χ0v) is 9.76. The van der Waals surface area contributed by atoms with Crippen LogP contribution in [0.3, 0.4) is 0 Å². The molecule has 0 aromatic heterocycles. The highest BCUT2D eigenvalue weighted by atomic mass is 16.3. The molecule has 0 atom stereocenters. The number of nitrogens with one attached hydrogen (secondary N) is 1. The molecule has 2 N–H and O–H groups in total. The van der Waals surface area contributed by atoms with Crippen LogP contribution >= 0.6 is 0 Å². The Balaban J connectivity index is 1.71. The number of rotatable bonds is 5. The fraction of sp³-hybridized carbons (Fsp3) is 0.200. The van der Waals surface area contributed by atoms with Crippen LogP contribution in [0.25, 0.3) is 0 Å². The summed E-state index contributed by atoms with van der Waals surface area (Å²) in [6.07, 6.45) is 2.19. The Labute approximate surface area is 102 Å². The zero-order valence-electron chi connectivity index (χ0n) is 9.76. The van der Waals surface area contributed by atoms with Gasteiger partial charge in [-0.25, -0.2) is 0 Å². The normalized spacial score (nSPS) is 10.1. The zero-order chi connectivity index (χ0) is 11.9. The minimum Gasteiger partial charge on any atom is -0.508 e. The van der Waals surface area contributed by atoms with E-state index in [1.807, 2.05) is 18.2 Å². The van der Waals surface area contributed by atoms with Crippen LogP contribution in [0.1, 0.15) is 12.0 Å². The third-order valence-electron chi connectivity index (χ3n) is 2.68. The molecule has 88 valence electrons. The molecule has 0 aliphatic rings. The number of benzene rings is 2. The molecule has 0 fully saturated rings. The molecule has 0 spiro atoms. The highest BCUT2D eigenvalue weighted by Crippen LogP contribution is 2.13. The van der Waals surface area contributed by atoms with Crippen LogP contribution in [0.2, 0.25) is 0 Å². The largest absolute Gasteiger partial charge is 0.508 e. The Bertz CT molecular complexity index is 436. The number of hydrogen-bond acceptors (Lipinski definition) is 2. The summed E-state index contributed by atoms with van der Waals surface area (Å²) in [5, 5.41) is 12.5. The highest BCUT2D eigenvalue weighted by molar-refractivity contribution is 5.45. The van der Waals surface area contributed by atoms with Crippen molar-refractivity contribution < 1.29 is 5.11 Å². The molecule has 2 aromatic rings. The molecule has 0 heterocycles. The van der Waals surface area contributed by atoms with Gasteiger partial charge in [-0.05, 0) is 42.7 Å². The first-order valence-electron chi connectivity index (χ1n) is 5.91. The van der Waals surface area contributed by atoms with E-state index in [4.69, 9.17) is 5.11 Å². The Kier molecular flexibility index (Phi) is 4.03. The summed E-state index contributed by atoms with van der Waals surface area (Å²) >= 11 is 0. The lowest BCUT2D eigenvalue weighted by Gasteiger charge is -2.06. The smallest absolute Gasteiger partial charge is 0.115 e. The number of hydrogen-bond donors (Lipinski definition) is 2. The lowest BCUT2D eigenvalue weighted by Crippen LogP contribution is -2.02. The molecule has 0 bridgehead atoms. The molecule has 17 heavy (non-hydrogen) atoms. The number of aryl methyl sites for hydroxylation is 1. The lowest BCUT2D eigenvalue weighted by molar-refractivity contribution is 0.475. The van der Waals surface area contributed by atoms with E-state index in [1.165, 1.54) is 5.56 Å². The Morgan fingerprint density at radius 1 is 0.882 bits per heavy atom. The molecule has 2 heteroatoms. The summed E-state index contributed by atoms with van der Waals surface area (Å²) in [7, 11) is 0. The average Bonchev–Trinajstić information content (AvgIpc) is 2.38. The molecule has 2 nitrogen and oxygen atoms in total. The number of aromatic hydroxyl groups is 1. The van der Waals surface area contributed by atoms with Gasteiger partial charge in [-0.1, -0.05) is 30.3 Å². The summed E-state index contributed by atoms with van der Waals surface area (Å²) in [6, 6.07) is 17.7. The van der Waals surface area contributed by atoms with Crippen LogP contribution in [-0.4, -0.2) is 11.7 Å². The number of anilines is 1. The Morgan fingerprint density at radius 2 is 1.59 bits per heavy atom. The molecule has 2 aromatic carbocycles. The van der Waals surface area contributed by atoms with Gasteiger partial charge in [-0.2, -0.15) is 0 Å². The van der Waals surface area contributed by atoms with Crippen molar-refractivity contribution in [2.24, 2.45) is 0 Å². The third kappa shape index (κ3) is 3.83. The van der Waals surface area contributed by atoms with Gasteiger partial charge in [0.2, 0.25) is 0 Å². The molecule has 2 rings (SSSR count). The molecule has 0 aliphatic heterocycles. The first kappa shape index (κ1) is 11.5. The van der Waals surface area contributed by atoms with Crippen molar-refractivity contribution in [3.05, 3.63) is 60.2 Å². The average molecular weight is 227 g/mol. The first-order valence-corrected chi connectivity index (χ1v) is 5.91. The van der Waals surface area contributed by atoms with Crippen LogP contribution < -0.4 is 5.32 Å². The van der Waals surface area contributed by atoms with E-state index in [0.717, 1.165) is 25.1 Å². The van der Waals surface area contributed by atoms with Gasteiger partial charge < -0.3 is 10.4 Å². The monoisotopic (exact) mass is 227 g/mol. The van der Waals surface area contributed by atoms with Crippen molar-refractivity contribution in [1.29, 1.82) is 0 Å². The van der Waals surface area contributed by atoms with Gasteiger partial charge in [0.15, 0.2) is 0 Å². The summed E-state index contributed by atoms with van der Waals surface area (Å²) in [6.45, 7) is 0.944. The van der Waals surface area contributed by atoms with Crippen molar-refractivity contribution in [3.63, 3.8) is 0 Å². The summed E-state index contributed by atoms with van der Waals surface area (Å²) in [5.41, 5.74) is 2.43. The molecule has 0 unspecified atom stereocenters. The van der Waals surface area contributed by atoms with E-state index in [2.05, 4.69) is 29.6 Å². The topological polar surface area (TPSA) is 32.3 Å². The van der Waals surface area contributed by atoms with Crippen molar-refractivity contribution >= 4 is 5.69 Å². The second kappa shape index (κ2) is 5.94. The molecular weight excluding hydrogens is 210 g/mol. The van der Waals surface area contributed by atoms with Crippen LogP contribution in [0.5, 0.6) is 5.75 Å². The minimum absolute atomic E-state index is 0.305. The van der Waals surface area contributed by atoms with E-state index in [1.54, 1.807) is 12.1 Å². The third-order valence-corrected chi connectivity index (χ3v) is 2.68. The highest BCUT2D eigenvalue weighted by Gasteiger charge is 1.94. The van der Waals surface area contributed by atoms with Crippen LogP contribution in [0, 0.1) is 0 Å². The quantitative estimate of drug-likeness (QED) is 0.606. The molecule has 0 radical (unpaired) electrons. The Morgan fingerprint density at radius 3 is 2.29 bits per heavy atom. The van der Waals surface area contributed by atoms with Gasteiger partial charge in [0.1, 0.15) is 5.75 Å². The second-order valence-corrected chi connectivity index (χ2v) is 4.06. The predicted octanol–water partition coefficient (Wildman–Crippen LogP) is 3.44. The van der Waals surface area contributed by atoms with E-state index in [9.17, 15) is 0 Å². The summed E-state index contributed by atoms with van der Waals surface area (Å²) in [4.78, 5) is 0. The van der Waals surface area contributed by atoms with Gasteiger partial charge in [-0.15, -0.1) is 0 Å². The molecule has 0 aliphatic carbocycles. The second-order valence-electron chi connectivity index (χ2n) is 4.06. The maximum atomic E-state index is 9.15. The van der Waals surface area contributed by atoms with E-state index in [0.29, 0.717) is 5.75 Å². The van der Waals surface area contributed by atoms with Crippen LogP contribution in [-0.2, 0) is 6.42 Å². The van der Waals surface area contributed by atoms with E-state index < -0.39 is 0 Å². The Hall–Kier alpha value is -1.96. The van der Waals surface area contributed by atoms with Gasteiger partial charge in [0, 0.05) is 12.2 Å². The van der Waals surface area contributed by atoms with Gasteiger partial charge in [0.25, 0.3) is 0 Å². The molecular formula is C15H17NO. The van der Waals surface area contributed by atoms with Crippen LogP contribution in [0.4, 0.5) is 5.69 Å². The minimum atomic E-state index is 0.305. The number of phenolic OH excluding ortho intramolecular Hbond substituents is 1. The molecule has 0 saturated carbocycles.